The SMILES string of the molecule is Cc1ccc(S(=O)(=O)N[C@@H](C)C(=O)NCC(=O)N[C@H](C(=O)Nc2ccc3nc4ccccc4nc3c2)C(C)C)cc1. The van der Waals surface area contributed by atoms with Crippen LogP contribution >= 0.6 is 0 Å². The van der Waals surface area contributed by atoms with Crippen LogP contribution in [0.5, 0.6) is 0 Å². The molecule has 4 aromatic rings. The zero-order valence-corrected chi connectivity index (χ0v) is 24.0. The molecule has 0 radical (unpaired) electrons. The third kappa shape index (κ3) is 7.41. The van der Waals surface area contributed by atoms with E-state index in [0.29, 0.717) is 16.7 Å². The van der Waals surface area contributed by atoms with Crippen molar-refractivity contribution in [2.45, 2.75) is 44.7 Å². The Bertz CT molecular complexity index is 1710. The summed E-state index contributed by atoms with van der Waals surface area (Å²) in [6.07, 6.45) is 0. The third-order valence-corrected chi connectivity index (χ3v) is 7.91. The predicted octanol–water partition coefficient (Wildman–Crippen LogP) is 2.65. The van der Waals surface area contributed by atoms with Crippen molar-refractivity contribution in [3.05, 3.63) is 72.3 Å². The van der Waals surface area contributed by atoms with E-state index in [1.54, 1.807) is 44.2 Å². The molecule has 4 N–H and O–H groups in total. The predicted molar refractivity (Wildman–Crippen MR) is 156 cm³/mol. The molecule has 0 fully saturated rings. The maximum absolute atomic E-state index is 13.1. The van der Waals surface area contributed by atoms with Crippen LogP contribution < -0.4 is 20.7 Å². The summed E-state index contributed by atoms with van der Waals surface area (Å²) in [6.45, 7) is 6.33. The van der Waals surface area contributed by atoms with Gasteiger partial charge in [-0.05, 0) is 62.2 Å². The van der Waals surface area contributed by atoms with Gasteiger partial charge >= 0.3 is 0 Å². The van der Waals surface area contributed by atoms with Crippen LogP contribution in [-0.4, -0.2) is 54.7 Å². The molecule has 1 heterocycles. The van der Waals surface area contributed by atoms with E-state index in [-0.39, 0.29) is 10.8 Å². The van der Waals surface area contributed by atoms with Crippen LogP contribution in [0.15, 0.2) is 71.6 Å². The lowest BCUT2D eigenvalue weighted by molar-refractivity contribution is -0.129. The molecule has 0 spiro atoms. The number of aromatic nitrogens is 2. The second kappa shape index (κ2) is 12.4. The number of para-hydroxylation sites is 2. The molecule has 0 aliphatic heterocycles. The number of anilines is 1. The summed E-state index contributed by atoms with van der Waals surface area (Å²) in [4.78, 5) is 47.4. The lowest BCUT2D eigenvalue weighted by Gasteiger charge is -2.22. The lowest BCUT2D eigenvalue weighted by Crippen LogP contribution is -2.52. The van der Waals surface area contributed by atoms with E-state index >= 15 is 0 Å². The molecular formula is C29H32N6O5S. The van der Waals surface area contributed by atoms with Crippen LogP contribution in [0.4, 0.5) is 5.69 Å². The first-order chi connectivity index (χ1) is 19.4. The third-order valence-electron chi connectivity index (χ3n) is 6.35. The Labute approximate surface area is 238 Å². The molecule has 214 valence electrons. The number of hydrogen-bond acceptors (Lipinski definition) is 7. The van der Waals surface area contributed by atoms with E-state index < -0.39 is 46.4 Å². The van der Waals surface area contributed by atoms with Crippen LogP contribution in [-0.2, 0) is 24.4 Å². The second-order valence-electron chi connectivity index (χ2n) is 10.1. The van der Waals surface area contributed by atoms with Gasteiger partial charge in [-0.3, -0.25) is 14.4 Å². The number of fused-ring (bicyclic) bond motifs is 2. The van der Waals surface area contributed by atoms with E-state index in [1.165, 1.54) is 19.1 Å². The minimum absolute atomic E-state index is 0.0260. The van der Waals surface area contributed by atoms with Crippen LogP contribution in [0.3, 0.4) is 0 Å². The molecule has 12 heteroatoms. The topological polar surface area (TPSA) is 159 Å². The molecule has 11 nitrogen and oxygen atoms in total. The van der Waals surface area contributed by atoms with Crippen molar-refractivity contribution in [3.63, 3.8) is 0 Å². The Balaban J connectivity index is 1.33. The highest BCUT2D eigenvalue weighted by Crippen LogP contribution is 2.20. The molecule has 0 aliphatic carbocycles. The minimum Gasteiger partial charge on any atom is -0.346 e. The highest BCUT2D eigenvalue weighted by atomic mass is 32.2. The standard InChI is InChI=1S/C29H32N6O5S/c1-17(2)27(29(38)31-20-11-14-24-25(15-20)33-23-8-6-5-7-22(23)32-24)34-26(36)16-30-28(37)19(4)35-41(39,40)21-12-9-18(3)10-13-21/h5-15,17,19,27,35H,16H2,1-4H3,(H,30,37)(H,31,38)(H,34,36)/t19-,27-/m0/s1. The Morgan fingerprint density at radius 2 is 1.41 bits per heavy atom. The average molecular weight is 577 g/mol. The maximum Gasteiger partial charge on any atom is 0.247 e. The van der Waals surface area contributed by atoms with E-state index in [4.69, 9.17) is 0 Å². The summed E-state index contributed by atoms with van der Waals surface area (Å²) < 4.78 is 27.4. The van der Waals surface area contributed by atoms with Crippen molar-refractivity contribution < 1.29 is 22.8 Å². The number of nitrogens with zero attached hydrogens (tertiary/aromatic N) is 2. The summed E-state index contributed by atoms with van der Waals surface area (Å²) in [5.74, 6) is -1.99. The van der Waals surface area contributed by atoms with Gasteiger partial charge in [-0.2, -0.15) is 4.72 Å². The van der Waals surface area contributed by atoms with Crippen molar-refractivity contribution >= 4 is 55.5 Å². The molecule has 0 saturated carbocycles. The van der Waals surface area contributed by atoms with Gasteiger partial charge in [0.25, 0.3) is 0 Å². The summed E-state index contributed by atoms with van der Waals surface area (Å²) >= 11 is 0. The summed E-state index contributed by atoms with van der Waals surface area (Å²) in [6, 6.07) is 16.8. The molecule has 0 aliphatic rings. The second-order valence-corrected chi connectivity index (χ2v) is 11.8. The Morgan fingerprint density at radius 1 is 0.805 bits per heavy atom. The molecule has 0 bridgehead atoms. The maximum atomic E-state index is 13.1. The fourth-order valence-corrected chi connectivity index (χ4v) is 5.27. The first-order valence-electron chi connectivity index (χ1n) is 13.1. The lowest BCUT2D eigenvalue weighted by atomic mass is 10.0. The molecular weight excluding hydrogens is 544 g/mol. The Hall–Kier alpha value is -4.42. The van der Waals surface area contributed by atoms with Crippen molar-refractivity contribution in [2.24, 2.45) is 5.92 Å². The van der Waals surface area contributed by atoms with Gasteiger partial charge in [0, 0.05) is 5.69 Å². The number of carbonyl (C=O) groups is 3. The average Bonchev–Trinajstić information content (AvgIpc) is 2.93. The highest BCUT2D eigenvalue weighted by molar-refractivity contribution is 7.89. The molecule has 2 atom stereocenters. The van der Waals surface area contributed by atoms with Crippen LogP contribution in [0.2, 0.25) is 0 Å². The van der Waals surface area contributed by atoms with Crippen molar-refractivity contribution in [3.8, 4) is 0 Å². The molecule has 4 rings (SSSR count). The number of sulfonamides is 1. The van der Waals surface area contributed by atoms with Crippen LogP contribution in [0.25, 0.3) is 22.1 Å². The van der Waals surface area contributed by atoms with Gasteiger partial charge < -0.3 is 16.0 Å². The molecule has 1 aromatic heterocycles. The normalized spacial score (nSPS) is 13.1. The van der Waals surface area contributed by atoms with Gasteiger partial charge in [0.05, 0.1) is 39.5 Å². The fraction of sp³-hybridized carbons (Fsp3) is 0.276. The van der Waals surface area contributed by atoms with Crippen molar-refractivity contribution in [1.29, 1.82) is 0 Å². The number of nitrogens with one attached hydrogen (secondary N) is 4. The van der Waals surface area contributed by atoms with Gasteiger partial charge in [0.15, 0.2) is 0 Å². The summed E-state index contributed by atoms with van der Waals surface area (Å²) in [5.41, 5.74) is 4.19. The van der Waals surface area contributed by atoms with Gasteiger partial charge in [-0.25, -0.2) is 18.4 Å². The quantitative estimate of drug-likeness (QED) is 0.211. The smallest absolute Gasteiger partial charge is 0.247 e. The van der Waals surface area contributed by atoms with Crippen LogP contribution in [0.1, 0.15) is 26.3 Å². The van der Waals surface area contributed by atoms with E-state index in [2.05, 4.69) is 30.6 Å². The highest BCUT2D eigenvalue weighted by Gasteiger charge is 2.26. The van der Waals surface area contributed by atoms with Gasteiger partial charge in [0.1, 0.15) is 6.04 Å². The fourth-order valence-electron chi connectivity index (χ4n) is 4.07. The van der Waals surface area contributed by atoms with Crippen LogP contribution in [0, 0.1) is 12.8 Å². The van der Waals surface area contributed by atoms with E-state index in [9.17, 15) is 22.8 Å². The number of amides is 3. The number of rotatable bonds is 10. The zero-order chi connectivity index (χ0) is 29.7. The van der Waals surface area contributed by atoms with Crippen molar-refractivity contribution in [1.82, 2.24) is 25.3 Å². The molecule has 0 saturated heterocycles. The first-order valence-corrected chi connectivity index (χ1v) is 14.5. The summed E-state index contributed by atoms with van der Waals surface area (Å²) in [7, 11) is -3.93. The first kappa shape index (κ1) is 29.6. The Kier molecular flexibility index (Phi) is 8.94. The minimum atomic E-state index is -3.93. The number of benzene rings is 3. The summed E-state index contributed by atoms with van der Waals surface area (Å²) in [5, 5.41) is 7.86. The molecule has 3 aromatic carbocycles. The van der Waals surface area contributed by atoms with Gasteiger partial charge in [0.2, 0.25) is 27.7 Å². The van der Waals surface area contributed by atoms with Gasteiger partial charge in [-0.15, -0.1) is 0 Å². The Morgan fingerprint density at radius 3 is 2.05 bits per heavy atom. The molecule has 3 amide bonds. The van der Waals surface area contributed by atoms with E-state index in [0.717, 1.165) is 16.6 Å². The molecule has 41 heavy (non-hydrogen) atoms. The monoisotopic (exact) mass is 576 g/mol. The van der Waals surface area contributed by atoms with Gasteiger partial charge in [-0.1, -0.05) is 43.7 Å². The van der Waals surface area contributed by atoms with E-state index in [1.807, 2.05) is 31.2 Å². The number of aryl methyl sites for hydroxylation is 1. The number of hydrogen-bond donors (Lipinski definition) is 4. The number of carbonyl (C=O) groups excluding carboxylic acids is 3. The van der Waals surface area contributed by atoms with Crippen molar-refractivity contribution in [2.75, 3.05) is 11.9 Å². The zero-order valence-electron chi connectivity index (χ0n) is 23.1. The largest absolute Gasteiger partial charge is 0.346 e. The molecule has 0 unspecified atom stereocenters.